The van der Waals surface area contributed by atoms with Gasteiger partial charge < -0.3 is 16.0 Å². The fraction of sp³-hybridized carbons (Fsp3) is 0.273. The van der Waals surface area contributed by atoms with E-state index < -0.39 is 0 Å². The maximum atomic E-state index is 3.62. The first kappa shape index (κ1) is 50.5. The largest absolute Gasteiger partial charge is 0.309 e. The van der Waals surface area contributed by atoms with Crippen LogP contribution in [0.5, 0.6) is 0 Å². The molecule has 7 aromatic rings. The zero-order valence-corrected chi connectivity index (χ0v) is 42.8. The van der Waals surface area contributed by atoms with Gasteiger partial charge in [0.25, 0.3) is 0 Å². The van der Waals surface area contributed by atoms with Crippen molar-refractivity contribution >= 4 is 36.5 Å². The highest BCUT2D eigenvalue weighted by Crippen LogP contribution is 2.25. The molecule has 0 bridgehead atoms. The molecule has 0 radical (unpaired) electrons. The molecule has 0 fully saturated rings. The molecule has 0 heterocycles. The van der Waals surface area contributed by atoms with Crippen molar-refractivity contribution in [2.24, 2.45) is 0 Å². The number of rotatable bonds is 18. The highest BCUT2D eigenvalue weighted by molar-refractivity contribution is 5.79. The van der Waals surface area contributed by atoms with Crippen molar-refractivity contribution in [3.05, 3.63) is 247 Å². The SMILES string of the molecule is CC(C)(C)c1ccc(CNCc2ccc(/C=C/c3cc(/C=C/c4ccc(CNCc5ccc(C(C)(C)C)cc5)cc4)cc(/C=C/c4ccc(CNCc5ccc(C(C)(C)C)cc5)cc4)c3)cc2)cc1. The first-order chi connectivity index (χ1) is 33.0. The Balaban J connectivity index is 0.988. The Morgan fingerprint density at radius 3 is 0.609 bits per heavy atom. The van der Waals surface area contributed by atoms with Crippen LogP contribution in [0.2, 0.25) is 0 Å². The molecule has 354 valence electrons. The number of nitrogens with one attached hydrogen (secondary N) is 3. The molecule has 0 atom stereocenters. The second-order valence-corrected chi connectivity index (χ2v) is 21.8. The summed E-state index contributed by atoms with van der Waals surface area (Å²) in [6.45, 7) is 25.4. The summed E-state index contributed by atoms with van der Waals surface area (Å²) in [4.78, 5) is 0. The number of hydrogen-bond donors (Lipinski definition) is 3. The Morgan fingerprint density at radius 1 is 0.246 bits per heavy atom. The van der Waals surface area contributed by atoms with Crippen LogP contribution < -0.4 is 16.0 Å². The normalized spacial score (nSPS) is 12.5. The summed E-state index contributed by atoms with van der Waals surface area (Å²) in [7, 11) is 0. The van der Waals surface area contributed by atoms with E-state index in [1.165, 1.54) is 66.8 Å². The second-order valence-electron chi connectivity index (χ2n) is 21.8. The average molecular weight is 910 g/mol. The molecule has 3 nitrogen and oxygen atoms in total. The van der Waals surface area contributed by atoms with Gasteiger partial charge in [0.2, 0.25) is 0 Å². The van der Waals surface area contributed by atoms with Gasteiger partial charge in [-0.2, -0.15) is 0 Å². The van der Waals surface area contributed by atoms with Gasteiger partial charge in [0.1, 0.15) is 0 Å². The van der Waals surface area contributed by atoms with Crippen LogP contribution in [-0.2, 0) is 55.5 Å². The number of benzene rings is 7. The monoisotopic (exact) mass is 910 g/mol. The topological polar surface area (TPSA) is 36.1 Å². The van der Waals surface area contributed by atoms with Gasteiger partial charge >= 0.3 is 0 Å². The van der Waals surface area contributed by atoms with E-state index in [2.05, 4.69) is 279 Å². The summed E-state index contributed by atoms with van der Waals surface area (Å²) in [6.07, 6.45) is 13.3. The predicted octanol–water partition coefficient (Wildman–Crippen LogP) is 16.0. The Kier molecular flexibility index (Phi) is 17.1. The molecule has 0 saturated heterocycles. The molecule has 0 amide bonds. The maximum Gasteiger partial charge on any atom is 0.0208 e. The summed E-state index contributed by atoms with van der Waals surface area (Å²) in [6, 6.07) is 60.4. The molecule has 69 heavy (non-hydrogen) atoms. The minimum Gasteiger partial charge on any atom is -0.309 e. The first-order valence-electron chi connectivity index (χ1n) is 24.9. The van der Waals surface area contributed by atoms with Gasteiger partial charge in [0, 0.05) is 39.3 Å². The molecule has 3 heteroatoms. The van der Waals surface area contributed by atoms with Crippen LogP contribution in [0.1, 0.15) is 146 Å². The van der Waals surface area contributed by atoms with Crippen LogP contribution in [0, 0.1) is 0 Å². The van der Waals surface area contributed by atoms with Crippen LogP contribution in [0.3, 0.4) is 0 Å². The molecular weight excluding hydrogens is 835 g/mol. The van der Waals surface area contributed by atoms with Crippen molar-refractivity contribution in [1.29, 1.82) is 0 Å². The molecule has 7 rings (SSSR count). The van der Waals surface area contributed by atoms with Gasteiger partial charge in [-0.15, -0.1) is 0 Å². The van der Waals surface area contributed by atoms with Crippen molar-refractivity contribution in [3.8, 4) is 0 Å². The van der Waals surface area contributed by atoms with Gasteiger partial charge in [-0.1, -0.05) is 244 Å². The van der Waals surface area contributed by atoms with Crippen molar-refractivity contribution < 1.29 is 0 Å². The van der Waals surface area contributed by atoms with E-state index in [0.717, 1.165) is 56.0 Å². The molecule has 0 aliphatic carbocycles. The quantitative estimate of drug-likeness (QED) is 0.0751. The molecule has 0 saturated carbocycles. The van der Waals surface area contributed by atoms with Crippen LogP contribution in [0.25, 0.3) is 36.5 Å². The van der Waals surface area contributed by atoms with Crippen LogP contribution in [0.4, 0.5) is 0 Å². The molecule has 0 aliphatic rings. The van der Waals surface area contributed by atoms with E-state index in [0.29, 0.717) is 0 Å². The number of hydrogen-bond acceptors (Lipinski definition) is 3. The maximum absolute atomic E-state index is 3.62. The Labute approximate surface area is 415 Å². The zero-order chi connectivity index (χ0) is 48.9. The molecule has 7 aromatic carbocycles. The van der Waals surface area contributed by atoms with Gasteiger partial charge in [-0.3, -0.25) is 0 Å². The highest BCUT2D eigenvalue weighted by Gasteiger charge is 2.15. The minimum absolute atomic E-state index is 0.168. The van der Waals surface area contributed by atoms with Gasteiger partial charge in [0.05, 0.1) is 0 Å². The lowest BCUT2D eigenvalue weighted by Crippen LogP contribution is -2.14. The van der Waals surface area contributed by atoms with E-state index in [-0.39, 0.29) is 16.2 Å². The Bertz CT molecular complexity index is 2440. The van der Waals surface area contributed by atoms with E-state index in [4.69, 9.17) is 0 Å². The average Bonchev–Trinajstić information content (AvgIpc) is 3.33. The highest BCUT2D eigenvalue weighted by atomic mass is 14.9. The zero-order valence-electron chi connectivity index (χ0n) is 42.8. The summed E-state index contributed by atoms with van der Waals surface area (Å²) in [5.41, 5.74) is 19.3. The third-order valence-electron chi connectivity index (χ3n) is 12.8. The lowest BCUT2D eigenvalue weighted by atomic mass is 9.87. The van der Waals surface area contributed by atoms with Gasteiger partial charge in [-0.25, -0.2) is 0 Å². The molecule has 0 spiro atoms. The van der Waals surface area contributed by atoms with Gasteiger partial charge in [0.15, 0.2) is 0 Å². The fourth-order valence-corrected chi connectivity index (χ4v) is 8.23. The molecule has 0 unspecified atom stereocenters. The van der Waals surface area contributed by atoms with Gasteiger partial charge in [-0.05, 0) is 118 Å². The van der Waals surface area contributed by atoms with Crippen molar-refractivity contribution in [1.82, 2.24) is 16.0 Å². The molecule has 3 N–H and O–H groups in total. The predicted molar refractivity (Wildman–Crippen MR) is 300 cm³/mol. The molecule has 0 aromatic heterocycles. The Hall–Kier alpha value is -6.36. The van der Waals surface area contributed by atoms with E-state index in [1.54, 1.807) is 0 Å². The van der Waals surface area contributed by atoms with Crippen LogP contribution in [-0.4, -0.2) is 0 Å². The third kappa shape index (κ3) is 16.1. The summed E-state index contributed by atoms with van der Waals surface area (Å²) < 4.78 is 0. The van der Waals surface area contributed by atoms with Crippen LogP contribution >= 0.6 is 0 Å². The summed E-state index contributed by atoms with van der Waals surface area (Å²) in [5, 5.41) is 10.9. The second kappa shape index (κ2) is 23.3. The summed E-state index contributed by atoms with van der Waals surface area (Å²) in [5.74, 6) is 0. The van der Waals surface area contributed by atoms with Crippen molar-refractivity contribution in [3.63, 3.8) is 0 Å². The van der Waals surface area contributed by atoms with E-state index >= 15 is 0 Å². The minimum atomic E-state index is 0.168. The lowest BCUT2D eigenvalue weighted by Gasteiger charge is -2.19. The van der Waals surface area contributed by atoms with Crippen molar-refractivity contribution in [2.45, 2.75) is 118 Å². The van der Waals surface area contributed by atoms with Crippen LogP contribution in [0.15, 0.2) is 164 Å². The fourth-order valence-electron chi connectivity index (χ4n) is 8.23. The van der Waals surface area contributed by atoms with Crippen molar-refractivity contribution in [2.75, 3.05) is 0 Å². The standard InChI is InChI=1S/C66H75N3/c1-64(2,3)61-34-28-55(29-35-61)46-67-43-52-19-10-49(11-20-52)16-25-58-40-59(26-17-50-12-21-53(22-13-50)44-68-47-56-30-36-62(37-31-56)65(4,5)6)42-60(41-58)27-18-51-14-23-54(24-15-51)45-69-48-57-32-38-63(39-33-57)66(7,8)9/h10-42,67-69H,43-48H2,1-9H3/b25-16+,26-17+,27-18+. The lowest BCUT2D eigenvalue weighted by molar-refractivity contribution is 0.589. The van der Waals surface area contributed by atoms with E-state index in [9.17, 15) is 0 Å². The molecular formula is C66H75N3. The Morgan fingerprint density at radius 2 is 0.420 bits per heavy atom. The van der Waals surface area contributed by atoms with E-state index in [1.807, 2.05) is 0 Å². The smallest absolute Gasteiger partial charge is 0.0208 e. The molecule has 0 aliphatic heterocycles. The summed E-state index contributed by atoms with van der Waals surface area (Å²) >= 11 is 0. The first-order valence-corrected chi connectivity index (χ1v) is 24.9. The third-order valence-corrected chi connectivity index (χ3v) is 12.8.